The molecule has 0 saturated carbocycles. The number of halogens is 1. The first kappa shape index (κ1) is 31.1. The van der Waals surface area contributed by atoms with Crippen molar-refractivity contribution < 1.29 is 45.2 Å². The van der Waals surface area contributed by atoms with Crippen LogP contribution in [0.2, 0.25) is 0 Å². The summed E-state index contributed by atoms with van der Waals surface area (Å²) in [5, 5.41) is 1.54. The maximum absolute atomic E-state index is 13.7. The molecule has 0 bridgehead atoms. The number of ether oxygens (including phenoxy) is 3. The summed E-state index contributed by atoms with van der Waals surface area (Å²) in [6, 6.07) is 26.2. The second-order valence-electron chi connectivity index (χ2n) is 9.62. The third-order valence-corrected chi connectivity index (χ3v) is 6.68. The summed E-state index contributed by atoms with van der Waals surface area (Å²) in [4.78, 5) is 26.4. The second-order valence-corrected chi connectivity index (χ2v) is 10.4. The van der Waals surface area contributed by atoms with E-state index in [1.165, 1.54) is 0 Å². The summed E-state index contributed by atoms with van der Waals surface area (Å²) in [5.74, 6) is 0.222. The Balaban J connectivity index is 0.000000782. The van der Waals surface area contributed by atoms with Crippen LogP contribution in [0.15, 0.2) is 84.9 Å². The number of hydrogen-bond donors (Lipinski definition) is 0. The fraction of sp³-hybridized carbons (Fsp3) is 0.156. The van der Waals surface area contributed by atoms with Crippen LogP contribution in [0.4, 0.5) is 3.89 Å². The maximum Gasteiger partial charge on any atom is 0.345 e. The number of hydrogen-bond acceptors (Lipinski definition) is 8. The van der Waals surface area contributed by atoms with Crippen LogP contribution < -0.4 is 14.0 Å². The Morgan fingerprint density at radius 3 is 2.05 bits per heavy atom. The molecular formula is C32H28FNO8S. The first-order valence-electron chi connectivity index (χ1n) is 13.0. The number of esters is 2. The van der Waals surface area contributed by atoms with E-state index in [1.807, 2.05) is 98.3 Å². The standard InChI is InChI=1S/C32H28NO5.FHO3S/c1-20-16-23(31(34)37-19-22-10-6-5-7-11-22)17-21(2)30(20)38-32(35)29-25-12-8-9-13-27(25)33(3)28-18-24(36-4)14-15-26(28)29;1-5(2,3)4/h5-18H,19H2,1-4H3;(H,2,3,4)/q+1;/p-1. The monoisotopic (exact) mass is 605 g/mol. The molecular weight excluding hydrogens is 577 g/mol. The van der Waals surface area contributed by atoms with E-state index in [-0.39, 0.29) is 6.61 Å². The molecule has 5 aromatic rings. The molecule has 0 atom stereocenters. The summed E-state index contributed by atoms with van der Waals surface area (Å²) in [5.41, 5.74) is 4.87. The molecule has 0 radical (unpaired) electrons. The van der Waals surface area contributed by atoms with Gasteiger partial charge in [-0.2, -0.15) is 4.57 Å². The Bertz CT molecular complexity index is 1910. The number of rotatable bonds is 6. The molecule has 0 aliphatic heterocycles. The van der Waals surface area contributed by atoms with Gasteiger partial charge >= 0.3 is 11.9 Å². The zero-order valence-electron chi connectivity index (χ0n) is 23.8. The smallest absolute Gasteiger partial charge is 0.345 e. The molecule has 0 aliphatic carbocycles. The molecule has 11 heteroatoms. The number of fused-ring (bicyclic) bond motifs is 2. The third-order valence-electron chi connectivity index (χ3n) is 6.68. The second kappa shape index (κ2) is 13.0. The number of aromatic nitrogens is 1. The van der Waals surface area contributed by atoms with E-state index >= 15 is 0 Å². The first-order valence-corrected chi connectivity index (χ1v) is 14.3. The van der Waals surface area contributed by atoms with Crippen molar-refractivity contribution in [2.24, 2.45) is 7.05 Å². The topological polar surface area (TPSA) is 123 Å². The van der Waals surface area contributed by atoms with E-state index < -0.39 is 22.4 Å². The predicted molar refractivity (Wildman–Crippen MR) is 156 cm³/mol. The largest absolute Gasteiger partial charge is 0.722 e. The Morgan fingerprint density at radius 2 is 1.42 bits per heavy atom. The lowest BCUT2D eigenvalue weighted by Crippen LogP contribution is -2.31. The highest BCUT2D eigenvalue weighted by Crippen LogP contribution is 2.31. The molecule has 0 aliphatic rings. The van der Waals surface area contributed by atoms with E-state index in [0.717, 1.165) is 27.4 Å². The molecule has 43 heavy (non-hydrogen) atoms. The van der Waals surface area contributed by atoms with E-state index in [9.17, 15) is 13.5 Å². The van der Waals surface area contributed by atoms with Crippen LogP contribution in [0.5, 0.6) is 11.5 Å². The van der Waals surface area contributed by atoms with Gasteiger partial charge in [0.25, 0.3) is 10.5 Å². The van der Waals surface area contributed by atoms with E-state index in [4.69, 9.17) is 27.2 Å². The van der Waals surface area contributed by atoms with Gasteiger partial charge in [-0.3, -0.25) is 0 Å². The third kappa shape index (κ3) is 7.51. The fourth-order valence-electron chi connectivity index (χ4n) is 4.78. The Hall–Kier alpha value is -4.87. The van der Waals surface area contributed by atoms with Crippen LogP contribution in [0.25, 0.3) is 21.8 Å². The van der Waals surface area contributed by atoms with Crippen molar-refractivity contribution in [1.82, 2.24) is 0 Å². The molecule has 0 saturated heterocycles. The average molecular weight is 606 g/mol. The van der Waals surface area contributed by atoms with Crippen LogP contribution in [0.1, 0.15) is 37.4 Å². The highest BCUT2D eigenvalue weighted by atomic mass is 32.3. The predicted octanol–water partition coefficient (Wildman–Crippen LogP) is 5.44. The molecule has 0 spiro atoms. The van der Waals surface area contributed by atoms with Crippen molar-refractivity contribution in [2.75, 3.05) is 7.11 Å². The van der Waals surface area contributed by atoms with Crippen molar-refractivity contribution in [3.05, 3.63) is 113 Å². The van der Waals surface area contributed by atoms with Crippen molar-refractivity contribution in [3.8, 4) is 11.5 Å². The van der Waals surface area contributed by atoms with Crippen molar-refractivity contribution >= 4 is 44.2 Å². The summed E-state index contributed by atoms with van der Waals surface area (Å²) in [7, 11) is -1.84. The van der Waals surface area contributed by atoms with Gasteiger partial charge in [-0.05, 0) is 60.9 Å². The van der Waals surface area contributed by atoms with Crippen LogP contribution in [-0.4, -0.2) is 32.0 Å². The van der Waals surface area contributed by atoms with Crippen LogP contribution in [0, 0.1) is 13.8 Å². The van der Waals surface area contributed by atoms with Crippen molar-refractivity contribution in [1.29, 1.82) is 0 Å². The minimum atomic E-state index is -5.42. The highest BCUT2D eigenvalue weighted by Gasteiger charge is 2.25. The van der Waals surface area contributed by atoms with Crippen LogP contribution in [0.3, 0.4) is 0 Å². The van der Waals surface area contributed by atoms with E-state index in [1.54, 1.807) is 19.2 Å². The van der Waals surface area contributed by atoms with E-state index in [2.05, 4.69) is 0 Å². The Kier molecular flexibility index (Phi) is 9.37. The summed E-state index contributed by atoms with van der Waals surface area (Å²) in [6.45, 7) is 3.82. The average Bonchev–Trinajstić information content (AvgIpc) is 2.97. The normalized spacial score (nSPS) is 11.0. The Labute approximate surface area is 248 Å². The van der Waals surface area contributed by atoms with Gasteiger partial charge in [0.05, 0.1) is 35.1 Å². The van der Waals surface area contributed by atoms with Crippen LogP contribution >= 0.6 is 0 Å². The lowest BCUT2D eigenvalue weighted by atomic mass is 10.0. The van der Waals surface area contributed by atoms with Crippen LogP contribution in [-0.2, 0) is 28.9 Å². The number of benzene rings is 4. The summed E-state index contributed by atoms with van der Waals surface area (Å²) >= 11 is 0. The number of aryl methyl sites for hydroxylation is 3. The molecule has 0 unspecified atom stereocenters. The number of nitrogens with zero attached hydrogens (tertiary/aromatic N) is 1. The lowest BCUT2D eigenvalue weighted by molar-refractivity contribution is -0.617. The van der Waals surface area contributed by atoms with Crippen molar-refractivity contribution in [3.63, 3.8) is 0 Å². The van der Waals surface area contributed by atoms with Gasteiger partial charge in [-0.15, -0.1) is 3.89 Å². The minimum Gasteiger partial charge on any atom is -0.722 e. The van der Waals surface area contributed by atoms with Gasteiger partial charge in [0.1, 0.15) is 25.2 Å². The first-order chi connectivity index (χ1) is 20.4. The molecule has 5 rings (SSSR count). The van der Waals surface area contributed by atoms with Gasteiger partial charge in [0.15, 0.2) is 0 Å². The maximum atomic E-state index is 13.7. The van der Waals surface area contributed by atoms with Gasteiger partial charge in [0, 0.05) is 6.07 Å². The molecule has 0 fully saturated rings. The quantitative estimate of drug-likeness (QED) is 0.0627. The van der Waals surface area contributed by atoms with Gasteiger partial charge in [-0.25, -0.2) is 18.0 Å². The number of carbonyl (C=O) groups is 2. The summed E-state index contributed by atoms with van der Waals surface area (Å²) in [6.07, 6.45) is 0. The molecule has 222 valence electrons. The number of pyridine rings is 1. The molecule has 1 heterocycles. The number of para-hydroxylation sites is 1. The number of carbonyl (C=O) groups excluding carboxylic acids is 2. The lowest BCUT2D eigenvalue weighted by Gasteiger charge is -2.15. The van der Waals surface area contributed by atoms with Gasteiger partial charge in [0.2, 0.25) is 11.0 Å². The fourth-order valence-corrected chi connectivity index (χ4v) is 4.78. The molecule has 1 aromatic heterocycles. The van der Waals surface area contributed by atoms with Gasteiger partial charge < -0.3 is 18.8 Å². The van der Waals surface area contributed by atoms with Gasteiger partial charge in [-0.1, -0.05) is 42.5 Å². The zero-order chi connectivity index (χ0) is 31.3. The molecule has 0 N–H and O–H groups in total. The van der Waals surface area contributed by atoms with E-state index in [0.29, 0.717) is 33.8 Å². The van der Waals surface area contributed by atoms with Crippen molar-refractivity contribution in [2.45, 2.75) is 20.5 Å². The number of methoxy groups -OCH3 is 1. The minimum absolute atomic E-state index is 0.185. The zero-order valence-corrected chi connectivity index (χ0v) is 24.6. The highest BCUT2D eigenvalue weighted by molar-refractivity contribution is 7.80. The molecule has 9 nitrogen and oxygen atoms in total. The molecule has 0 amide bonds. The SMILES string of the molecule is COc1ccc2c(C(=O)Oc3c(C)cc(C(=O)OCc4ccccc4)cc3C)c3ccccc3[n+](C)c2c1.O=S(=O)([O-])F. The molecule has 4 aromatic carbocycles. The summed E-state index contributed by atoms with van der Waals surface area (Å²) < 4.78 is 54.3. The Morgan fingerprint density at radius 1 is 0.837 bits per heavy atom.